The van der Waals surface area contributed by atoms with Crippen molar-refractivity contribution in [3.8, 4) is 0 Å². The minimum Gasteiger partial charge on any atom is -0.468 e. The van der Waals surface area contributed by atoms with E-state index in [1.165, 1.54) is 12.7 Å². The molecule has 3 heteroatoms. The molecule has 94 valence electrons. The predicted molar refractivity (Wildman–Crippen MR) is 68.6 cm³/mol. The minimum atomic E-state index is -0.194. The van der Waals surface area contributed by atoms with E-state index in [9.17, 15) is 4.79 Å². The second-order valence-electron chi connectivity index (χ2n) is 4.08. The molecule has 17 heavy (non-hydrogen) atoms. The van der Waals surface area contributed by atoms with Gasteiger partial charge in [0.15, 0.2) is 0 Å². The Morgan fingerprint density at radius 1 is 1.35 bits per heavy atom. The second-order valence-corrected chi connectivity index (χ2v) is 4.08. The van der Waals surface area contributed by atoms with E-state index < -0.39 is 0 Å². The number of benzene rings is 1. The number of ether oxygens (including phenoxy) is 1. The fraction of sp³-hybridized carbons (Fsp3) is 0.500. The largest absolute Gasteiger partial charge is 0.468 e. The summed E-state index contributed by atoms with van der Waals surface area (Å²) in [5.74, 6) is -0.172. The molecule has 1 N–H and O–H groups in total. The molecule has 3 nitrogen and oxygen atoms in total. The van der Waals surface area contributed by atoms with Crippen LogP contribution in [0.4, 0.5) is 0 Å². The van der Waals surface area contributed by atoms with E-state index in [0.717, 1.165) is 19.3 Å². The van der Waals surface area contributed by atoms with Gasteiger partial charge in [0.2, 0.25) is 0 Å². The average Bonchev–Trinajstić information content (AvgIpc) is 2.39. The average molecular weight is 235 g/mol. The molecule has 1 aromatic rings. The van der Waals surface area contributed by atoms with Crippen LogP contribution in [-0.2, 0) is 16.1 Å². The van der Waals surface area contributed by atoms with Crippen molar-refractivity contribution in [3.63, 3.8) is 0 Å². The summed E-state index contributed by atoms with van der Waals surface area (Å²) < 4.78 is 4.80. The first kappa shape index (κ1) is 13.7. The molecular formula is C14H21NO2. The normalized spacial score (nSPS) is 12.1. The maximum absolute atomic E-state index is 11.6. The van der Waals surface area contributed by atoms with Crippen LogP contribution in [0.25, 0.3) is 0 Å². The van der Waals surface area contributed by atoms with Gasteiger partial charge in [-0.1, -0.05) is 50.1 Å². The lowest BCUT2D eigenvalue weighted by atomic mass is 10.1. The number of carbonyl (C=O) groups excluding carboxylic acids is 1. The van der Waals surface area contributed by atoms with Crippen molar-refractivity contribution in [2.75, 3.05) is 7.11 Å². The van der Waals surface area contributed by atoms with Crippen LogP contribution in [0, 0.1) is 0 Å². The lowest BCUT2D eigenvalue weighted by Crippen LogP contribution is -2.37. The van der Waals surface area contributed by atoms with E-state index >= 15 is 0 Å². The van der Waals surface area contributed by atoms with E-state index in [-0.39, 0.29) is 12.0 Å². The van der Waals surface area contributed by atoms with Gasteiger partial charge in [-0.05, 0) is 12.0 Å². The molecule has 0 aliphatic carbocycles. The zero-order valence-electron chi connectivity index (χ0n) is 10.6. The number of nitrogens with one attached hydrogen (secondary N) is 1. The summed E-state index contributed by atoms with van der Waals surface area (Å²) in [7, 11) is 1.44. The van der Waals surface area contributed by atoms with Crippen LogP contribution in [0.1, 0.15) is 31.7 Å². The van der Waals surface area contributed by atoms with Crippen LogP contribution < -0.4 is 5.32 Å². The first-order valence-electron chi connectivity index (χ1n) is 6.13. The summed E-state index contributed by atoms with van der Waals surface area (Å²) >= 11 is 0. The Kier molecular flexibility index (Phi) is 6.33. The monoisotopic (exact) mass is 235 g/mol. The Labute approximate surface area is 103 Å². The van der Waals surface area contributed by atoms with Crippen molar-refractivity contribution in [1.82, 2.24) is 5.32 Å². The number of rotatable bonds is 7. The summed E-state index contributed by atoms with van der Waals surface area (Å²) in [5.41, 5.74) is 1.18. The molecule has 0 heterocycles. The molecule has 0 amide bonds. The molecule has 0 unspecified atom stereocenters. The van der Waals surface area contributed by atoms with Gasteiger partial charge in [0, 0.05) is 6.54 Å². The van der Waals surface area contributed by atoms with Gasteiger partial charge >= 0.3 is 5.97 Å². The molecule has 0 bridgehead atoms. The second kappa shape index (κ2) is 7.85. The molecule has 0 aromatic heterocycles. The van der Waals surface area contributed by atoms with Gasteiger partial charge in [0.25, 0.3) is 0 Å². The highest BCUT2D eigenvalue weighted by Gasteiger charge is 2.17. The van der Waals surface area contributed by atoms with Crippen LogP contribution >= 0.6 is 0 Å². The lowest BCUT2D eigenvalue weighted by Gasteiger charge is -2.16. The molecule has 1 aromatic carbocycles. The standard InChI is InChI=1S/C14H21NO2/c1-3-4-10-13(14(16)17-2)15-11-12-8-6-5-7-9-12/h5-9,13,15H,3-4,10-11H2,1-2H3/t13-/m0/s1. The van der Waals surface area contributed by atoms with Crippen LogP contribution in [0.2, 0.25) is 0 Å². The van der Waals surface area contributed by atoms with Gasteiger partial charge in [-0.15, -0.1) is 0 Å². The molecule has 0 aliphatic heterocycles. The number of methoxy groups -OCH3 is 1. The summed E-state index contributed by atoms with van der Waals surface area (Å²) in [6.07, 6.45) is 2.94. The highest BCUT2D eigenvalue weighted by molar-refractivity contribution is 5.75. The van der Waals surface area contributed by atoms with Crippen molar-refractivity contribution in [1.29, 1.82) is 0 Å². The third-order valence-electron chi connectivity index (χ3n) is 2.73. The molecule has 0 saturated carbocycles. The van der Waals surface area contributed by atoms with Gasteiger partial charge in [-0.2, -0.15) is 0 Å². The van der Waals surface area contributed by atoms with Crippen LogP contribution in [0.3, 0.4) is 0 Å². The Hall–Kier alpha value is -1.35. The zero-order valence-corrected chi connectivity index (χ0v) is 10.6. The fourth-order valence-corrected chi connectivity index (χ4v) is 1.69. The number of hydrogen-bond acceptors (Lipinski definition) is 3. The van der Waals surface area contributed by atoms with Crippen molar-refractivity contribution >= 4 is 5.97 Å². The zero-order chi connectivity index (χ0) is 12.5. The Balaban J connectivity index is 2.46. The minimum absolute atomic E-state index is 0.172. The number of unbranched alkanes of at least 4 members (excludes halogenated alkanes) is 1. The van der Waals surface area contributed by atoms with E-state index in [2.05, 4.69) is 12.2 Å². The summed E-state index contributed by atoms with van der Waals surface area (Å²) in [4.78, 5) is 11.6. The third kappa shape index (κ3) is 5.00. The summed E-state index contributed by atoms with van der Waals surface area (Å²) in [6, 6.07) is 9.87. The van der Waals surface area contributed by atoms with Crippen molar-refractivity contribution < 1.29 is 9.53 Å². The van der Waals surface area contributed by atoms with Gasteiger partial charge in [0.05, 0.1) is 7.11 Å². The van der Waals surface area contributed by atoms with Crippen LogP contribution in [0.5, 0.6) is 0 Å². The molecule has 1 atom stereocenters. The van der Waals surface area contributed by atoms with Gasteiger partial charge < -0.3 is 10.1 Å². The molecule has 0 saturated heterocycles. The highest BCUT2D eigenvalue weighted by Crippen LogP contribution is 2.05. The fourth-order valence-electron chi connectivity index (χ4n) is 1.69. The summed E-state index contributed by atoms with van der Waals surface area (Å²) in [6.45, 7) is 2.82. The maximum Gasteiger partial charge on any atom is 0.322 e. The van der Waals surface area contributed by atoms with E-state index in [1.54, 1.807) is 0 Å². The number of esters is 1. The first-order valence-corrected chi connectivity index (χ1v) is 6.13. The Morgan fingerprint density at radius 3 is 2.65 bits per heavy atom. The van der Waals surface area contributed by atoms with Gasteiger partial charge in [0.1, 0.15) is 6.04 Å². The van der Waals surface area contributed by atoms with Crippen LogP contribution in [0.15, 0.2) is 30.3 Å². The van der Waals surface area contributed by atoms with Crippen molar-refractivity contribution in [2.45, 2.75) is 38.8 Å². The molecular weight excluding hydrogens is 214 g/mol. The lowest BCUT2D eigenvalue weighted by molar-refractivity contribution is -0.143. The topological polar surface area (TPSA) is 38.3 Å². The predicted octanol–water partition coefficient (Wildman–Crippen LogP) is 2.51. The molecule has 0 aliphatic rings. The number of hydrogen-bond donors (Lipinski definition) is 1. The van der Waals surface area contributed by atoms with E-state index in [0.29, 0.717) is 6.54 Å². The quantitative estimate of drug-likeness (QED) is 0.738. The van der Waals surface area contributed by atoms with Crippen LogP contribution in [-0.4, -0.2) is 19.1 Å². The molecule has 0 fully saturated rings. The molecule has 1 rings (SSSR count). The third-order valence-corrected chi connectivity index (χ3v) is 2.73. The van der Waals surface area contributed by atoms with E-state index in [4.69, 9.17) is 4.74 Å². The molecule has 0 radical (unpaired) electrons. The maximum atomic E-state index is 11.6. The van der Waals surface area contributed by atoms with Crippen molar-refractivity contribution in [2.24, 2.45) is 0 Å². The summed E-state index contributed by atoms with van der Waals surface area (Å²) in [5, 5.41) is 3.25. The SMILES string of the molecule is CCCC[C@H](NCc1ccccc1)C(=O)OC. The van der Waals surface area contributed by atoms with Crippen molar-refractivity contribution in [3.05, 3.63) is 35.9 Å². The first-order chi connectivity index (χ1) is 8.27. The van der Waals surface area contributed by atoms with Gasteiger partial charge in [-0.3, -0.25) is 4.79 Å². The number of carbonyl (C=O) groups is 1. The van der Waals surface area contributed by atoms with Gasteiger partial charge in [-0.25, -0.2) is 0 Å². The van der Waals surface area contributed by atoms with E-state index in [1.807, 2.05) is 30.3 Å². The molecule has 0 spiro atoms. The Morgan fingerprint density at radius 2 is 2.06 bits per heavy atom. The Bertz CT molecular complexity index is 324. The smallest absolute Gasteiger partial charge is 0.322 e. The highest BCUT2D eigenvalue weighted by atomic mass is 16.5.